The summed E-state index contributed by atoms with van der Waals surface area (Å²) in [5.74, 6) is 1.80. The van der Waals surface area contributed by atoms with Gasteiger partial charge in [-0.25, -0.2) is 4.39 Å². The molecule has 8 nitrogen and oxygen atoms in total. The number of piperidine rings is 1. The molecule has 0 spiro atoms. The van der Waals surface area contributed by atoms with Crippen LogP contribution in [0.25, 0.3) is 0 Å². The Balaban J connectivity index is 1.17. The van der Waals surface area contributed by atoms with E-state index in [9.17, 15) is 9.18 Å². The number of likely N-dealkylation sites (N-methyl/N-ethyl adjacent to an activating group) is 1. The summed E-state index contributed by atoms with van der Waals surface area (Å²) >= 11 is 0. The number of benzene rings is 3. The first-order valence-electron chi connectivity index (χ1n) is 14.7. The van der Waals surface area contributed by atoms with Crippen LogP contribution in [0.4, 0.5) is 10.1 Å². The number of anilines is 1. The van der Waals surface area contributed by atoms with Crippen LogP contribution in [0.5, 0.6) is 17.2 Å². The number of halogens is 1. The SMILES string of the molecule is COc1ccc2cc1Oc1cccc(c1)CO[C@H]1CN(C3CCN(c4ccccc4F)CC3)C[C@@H]1NC(=O)CN(C)C2. The lowest BCUT2D eigenvalue weighted by Crippen LogP contribution is -2.48. The van der Waals surface area contributed by atoms with Gasteiger partial charge >= 0.3 is 0 Å². The lowest BCUT2D eigenvalue weighted by atomic mass is 10.0. The molecular formula is C33H39FN4O4. The summed E-state index contributed by atoms with van der Waals surface area (Å²) in [6, 6.07) is 21.0. The molecule has 0 aromatic heterocycles. The Morgan fingerprint density at radius 3 is 2.60 bits per heavy atom. The molecule has 0 unspecified atom stereocenters. The fourth-order valence-electron chi connectivity index (χ4n) is 6.38. The number of ether oxygens (including phenoxy) is 3. The smallest absolute Gasteiger partial charge is 0.234 e. The summed E-state index contributed by atoms with van der Waals surface area (Å²) in [5.41, 5.74) is 2.70. The Kier molecular flexibility index (Phi) is 8.60. The Labute approximate surface area is 246 Å². The van der Waals surface area contributed by atoms with Crippen LogP contribution < -0.4 is 19.7 Å². The molecule has 0 radical (unpaired) electrons. The van der Waals surface area contributed by atoms with Crippen LogP contribution in [-0.2, 0) is 22.7 Å². The number of nitrogens with one attached hydrogen (secondary N) is 1. The van der Waals surface area contributed by atoms with E-state index >= 15 is 0 Å². The molecule has 3 aromatic carbocycles. The molecule has 1 amide bonds. The molecular weight excluding hydrogens is 535 g/mol. The van der Waals surface area contributed by atoms with Gasteiger partial charge in [-0.15, -0.1) is 0 Å². The van der Waals surface area contributed by atoms with Crippen LogP contribution >= 0.6 is 0 Å². The van der Waals surface area contributed by atoms with Crippen molar-refractivity contribution in [3.05, 3.63) is 83.7 Å². The van der Waals surface area contributed by atoms with Crippen molar-refractivity contribution in [2.45, 2.75) is 44.2 Å². The van der Waals surface area contributed by atoms with Crippen molar-refractivity contribution in [2.24, 2.45) is 0 Å². The quantitative estimate of drug-likeness (QED) is 0.497. The van der Waals surface area contributed by atoms with Crippen LogP contribution in [-0.4, -0.2) is 80.8 Å². The normalized spacial score (nSPS) is 22.7. The number of carbonyl (C=O) groups excluding carboxylic acids is 1. The molecule has 0 saturated carbocycles. The zero-order chi connectivity index (χ0) is 29.1. The Bertz CT molecular complexity index is 1400. The number of rotatable bonds is 3. The first-order chi connectivity index (χ1) is 20.4. The standard InChI is InChI=1S/C33H39FN4O4/c1-36-18-23-10-11-30(40-2)31(17-23)42-26-7-5-6-24(16-26)22-41-32-20-38(19-28(32)35-33(39)21-36)25-12-14-37(15-13-25)29-9-4-3-8-27(29)34/h3-11,16-17,25,28,32H,12-15,18-22H2,1-2H3,(H,35,39)/t28-,32-/m0/s1. The number of likely N-dealkylation sites (tertiary alicyclic amines) is 1. The second-order valence-electron chi connectivity index (χ2n) is 11.6. The van der Waals surface area contributed by atoms with Crippen molar-refractivity contribution < 1.29 is 23.4 Å². The molecule has 3 aromatic rings. The molecule has 2 fully saturated rings. The molecule has 2 saturated heterocycles. The van der Waals surface area contributed by atoms with Gasteiger partial charge in [0, 0.05) is 38.8 Å². The topological polar surface area (TPSA) is 66.5 Å². The summed E-state index contributed by atoms with van der Waals surface area (Å²) in [7, 11) is 3.57. The third kappa shape index (κ3) is 6.53. The van der Waals surface area contributed by atoms with Gasteiger partial charge in [0.15, 0.2) is 11.5 Å². The Morgan fingerprint density at radius 1 is 0.952 bits per heavy atom. The first kappa shape index (κ1) is 28.5. The zero-order valence-electron chi connectivity index (χ0n) is 24.3. The van der Waals surface area contributed by atoms with Gasteiger partial charge in [-0.3, -0.25) is 14.6 Å². The van der Waals surface area contributed by atoms with E-state index in [2.05, 4.69) is 15.1 Å². The average molecular weight is 575 g/mol. The van der Waals surface area contributed by atoms with Crippen LogP contribution in [0.15, 0.2) is 66.7 Å². The van der Waals surface area contributed by atoms with Crippen LogP contribution in [0.3, 0.4) is 0 Å². The third-order valence-electron chi connectivity index (χ3n) is 8.50. The molecule has 4 bridgehead atoms. The van der Waals surface area contributed by atoms with E-state index in [-0.39, 0.29) is 30.4 Å². The maximum atomic E-state index is 14.4. The monoisotopic (exact) mass is 574 g/mol. The second-order valence-corrected chi connectivity index (χ2v) is 11.6. The van der Waals surface area contributed by atoms with Crippen molar-refractivity contribution in [3.8, 4) is 17.2 Å². The van der Waals surface area contributed by atoms with E-state index in [1.807, 2.05) is 66.5 Å². The predicted molar refractivity (Wildman–Crippen MR) is 160 cm³/mol. The Hall–Kier alpha value is -3.66. The minimum absolute atomic E-state index is 0.0219. The molecule has 0 aliphatic carbocycles. The number of para-hydroxylation sites is 1. The van der Waals surface area contributed by atoms with E-state index in [4.69, 9.17) is 14.2 Å². The minimum atomic E-state index is -0.171. The highest BCUT2D eigenvalue weighted by Crippen LogP contribution is 2.34. The molecule has 6 rings (SSSR count). The van der Waals surface area contributed by atoms with Crippen molar-refractivity contribution in [3.63, 3.8) is 0 Å². The number of amides is 1. The van der Waals surface area contributed by atoms with E-state index in [0.717, 1.165) is 50.1 Å². The highest BCUT2D eigenvalue weighted by Gasteiger charge is 2.39. The number of hydrogen-bond acceptors (Lipinski definition) is 7. The summed E-state index contributed by atoms with van der Waals surface area (Å²) < 4.78 is 32.7. The van der Waals surface area contributed by atoms with Gasteiger partial charge in [0.25, 0.3) is 0 Å². The molecule has 42 heavy (non-hydrogen) atoms. The lowest BCUT2D eigenvalue weighted by molar-refractivity contribution is -0.123. The van der Waals surface area contributed by atoms with Crippen LogP contribution in [0.1, 0.15) is 24.0 Å². The van der Waals surface area contributed by atoms with Gasteiger partial charge in [-0.1, -0.05) is 30.3 Å². The van der Waals surface area contributed by atoms with Crippen molar-refractivity contribution >= 4 is 11.6 Å². The molecule has 3 aliphatic heterocycles. The Morgan fingerprint density at radius 2 is 1.79 bits per heavy atom. The number of nitrogens with zero attached hydrogens (tertiary/aromatic N) is 3. The lowest BCUT2D eigenvalue weighted by Gasteiger charge is -2.38. The van der Waals surface area contributed by atoms with E-state index in [0.29, 0.717) is 42.1 Å². The maximum absolute atomic E-state index is 14.4. The molecule has 2 atom stereocenters. The van der Waals surface area contributed by atoms with Gasteiger partial charge in [0.05, 0.1) is 38.1 Å². The van der Waals surface area contributed by atoms with Gasteiger partial charge in [0.2, 0.25) is 5.91 Å². The number of fused-ring (bicyclic) bond motifs is 5. The van der Waals surface area contributed by atoms with Gasteiger partial charge < -0.3 is 24.4 Å². The number of hydrogen-bond donors (Lipinski definition) is 1. The third-order valence-corrected chi connectivity index (χ3v) is 8.50. The fraction of sp³-hybridized carbons (Fsp3) is 0.424. The first-order valence-corrected chi connectivity index (χ1v) is 14.7. The summed E-state index contributed by atoms with van der Waals surface area (Å²) in [4.78, 5) is 19.8. The minimum Gasteiger partial charge on any atom is -0.493 e. The molecule has 1 N–H and O–H groups in total. The van der Waals surface area contributed by atoms with Gasteiger partial charge in [0.1, 0.15) is 11.6 Å². The number of carbonyl (C=O) groups is 1. The van der Waals surface area contributed by atoms with Crippen LogP contribution in [0, 0.1) is 5.82 Å². The van der Waals surface area contributed by atoms with Crippen molar-refractivity contribution in [1.29, 1.82) is 0 Å². The molecule has 3 aliphatic rings. The number of methoxy groups -OCH3 is 1. The fourth-order valence-corrected chi connectivity index (χ4v) is 6.38. The van der Waals surface area contributed by atoms with Crippen molar-refractivity contribution in [2.75, 3.05) is 51.8 Å². The highest BCUT2D eigenvalue weighted by atomic mass is 19.1. The van der Waals surface area contributed by atoms with Crippen molar-refractivity contribution in [1.82, 2.24) is 15.1 Å². The highest BCUT2D eigenvalue weighted by molar-refractivity contribution is 5.78. The van der Waals surface area contributed by atoms with Gasteiger partial charge in [-0.2, -0.15) is 0 Å². The molecule has 3 heterocycles. The van der Waals surface area contributed by atoms with E-state index < -0.39 is 0 Å². The maximum Gasteiger partial charge on any atom is 0.234 e. The summed E-state index contributed by atoms with van der Waals surface area (Å²) in [6.07, 6.45) is 1.73. The molecule has 9 heteroatoms. The van der Waals surface area contributed by atoms with Gasteiger partial charge in [-0.05, 0) is 67.4 Å². The van der Waals surface area contributed by atoms with E-state index in [1.54, 1.807) is 13.2 Å². The van der Waals surface area contributed by atoms with E-state index in [1.165, 1.54) is 6.07 Å². The second kappa shape index (κ2) is 12.7. The summed E-state index contributed by atoms with van der Waals surface area (Å²) in [5, 5.41) is 3.28. The zero-order valence-corrected chi connectivity index (χ0v) is 24.3. The summed E-state index contributed by atoms with van der Waals surface area (Å²) in [6.45, 7) is 4.33. The van der Waals surface area contributed by atoms with Crippen LogP contribution in [0.2, 0.25) is 0 Å². The molecule has 222 valence electrons. The predicted octanol–water partition coefficient (Wildman–Crippen LogP) is 4.43. The largest absolute Gasteiger partial charge is 0.493 e. The average Bonchev–Trinajstić information content (AvgIpc) is 3.38.